The molecule has 0 saturated carbocycles. The van der Waals surface area contributed by atoms with Crippen LogP contribution in [0.2, 0.25) is 5.02 Å². The second-order valence-electron chi connectivity index (χ2n) is 9.12. The molecular weight excluding hydrogens is 468 g/mol. The molecule has 0 N–H and O–H groups in total. The van der Waals surface area contributed by atoms with Crippen LogP contribution in [0.25, 0.3) is 11.3 Å². The van der Waals surface area contributed by atoms with Gasteiger partial charge in [-0.3, -0.25) is 14.3 Å². The number of nitrogens with zero attached hydrogens (tertiary/aromatic N) is 4. The van der Waals surface area contributed by atoms with Crippen molar-refractivity contribution >= 4 is 35.2 Å². The van der Waals surface area contributed by atoms with E-state index < -0.39 is 6.04 Å². The van der Waals surface area contributed by atoms with Crippen molar-refractivity contribution in [1.29, 1.82) is 0 Å². The van der Waals surface area contributed by atoms with Gasteiger partial charge >= 0.3 is 0 Å². The standard InChI is InChI=1S/C26H27ClN4O2S/c1-26-13-12-23(32)31(26)22(17-34-26)25(33)29(2)14-20-16-30(15-19-10-6-7-11-21(19)27)28-24(20)18-8-4-3-5-9-18/h3-11,16,22H,12-15,17H2,1-2H3. The van der Waals surface area contributed by atoms with Crippen LogP contribution >= 0.6 is 23.4 Å². The normalized spacial score (nSPS) is 21.7. The average molecular weight is 495 g/mol. The summed E-state index contributed by atoms with van der Waals surface area (Å²) >= 11 is 8.09. The molecule has 2 atom stereocenters. The van der Waals surface area contributed by atoms with Crippen LogP contribution in [-0.2, 0) is 22.7 Å². The van der Waals surface area contributed by atoms with Crippen LogP contribution in [0.15, 0.2) is 60.8 Å². The van der Waals surface area contributed by atoms with Gasteiger partial charge in [-0.05, 0) is 25.0 Å². The van der Waals surface area contributed by atoms with Gasteiger partial charge in [-0.15, -0.1) is 11.8 Å². The van der Waals surface area contributed by atoms with E-state index in [-0.39, 0.29) is 16.7 Å². The van der Waals surface area contributed by atoms with Crippen LogP contribution in [0.1, 0.15) is 30.9 Å². The molecule has 176 valence electrons. The number of hydrogen-bond donors (Lipinski definition) is 0. The molecule has 8 heteroatoms. The van der Waals surface area contributed by atoms with Gasteiger partial charge < -0.3 is 9.80 Å². The summed E-state index contributed by atoms with van der Waals surface area (Å²) < 4.78 is 1.88. The molecule has 6 nitrogen and oxygen atoms in total. The molecule has 0 radical (unpaired) electrons. The third kappa shape index (κ3) is 4.23. The van der Waals surface area contributed by atoms with Gasteiger partial charge in [0, 0.05) is 48.1 Å². The molecule has 2 aliphatic heterocycles. The zero-order valence-corrected chi connectivity index (χ0v) is 20.9. The summed E-state index contributed by atoms with van der Waals surface area (Å²) in [4.78, 5) is 29.2. The van der Waals surface area contributed by atoms with Crippen molar-refractivity contribution in [3.63, 3.8) is 0 Å². The summed E-state index contributed by atoms with van der Waals surface area (Å²) in [5.74, 6) is 0.698. The number of benzene rings is 2. The zero-order valence-electron chi connectivity index (χ0n) is 19.3. The van der Waals surface area contributed by atoms with Gasteiger partial charge in [0.05, 0.1) is 17.1 Å². The van der Waals surface area contributed by atoms with Crippen molar-refractivity contribution in [2.75, 3.05) is 12.8 Å². The minimum absolute atomic E-state index is 0.0238. The van der Waals surface area contributed by atoms with E-state index in [0.29, 0.717) is 30.3 Å². The minimum Gasteiger partial charge on any atom is -0.339 e. The molecule has 0 spiro atoms. The van der Waals surface area contributed by atoms with Crippen LogP contribution in [0.3, 0.4) is 0 Å². The molecule has 0 bridgehead atoms. The number of amides is 2. The monoisotopic (exact) mass is 494 g/mol. The largest absolute Gasteiger partial charge is 0.339 e. The van der Waals surface area contributed by atoms with Gasteiger partial charge in [-0.25, -0.2) is 0 Å². The quantitative estimate of drug-likeness (QED) is 0.500. The van der Waals surface area contributed by atoms with E-state index in [9.17, 15) is 9.59 Å². The minimum atomic E-state index is -0.409. The Morgan fingerprint density at radius 3 is 2.68 bits per heavy atom. The maximum atomic E-state index is 13.4. The second kappa shape index (κ2) is 9.12. The fraction of sp³-hybridized carbons (Fsp3) is 0.346. The van der Waals surface area contributed by atoms with Gasteiger partial charge in [0.2, 0.25) is 11.8 Å². The molecule has 0 aliphatic carbocycles. The predicted molar refractivity (Wildman–Crippen MR) is 135 cm³/mol. The number of rotatable bonds is 6. The lowest BCUT2D eigenvalue weighted by atomic mass is 10.1. The van der Waals surface area contributed by atoms with Gasteiger partial charge in [-0.1, -0.05) is 60.1 Å². The zero-order chi connectivity index (χ0) is 23.9. The number of aromatic nitrogens is 2. The highest BCUT2D eigenvalue weighted by Gasteiger charge is 2.53. The van der Waals surface area contributed by atoms with Crippen molar-refractivity contribution in [3.05, 3.63) is 76.9 Å². The third-order valence-electron chi connectivity index (χ3n) is 6.69. The van der Waals surface area contributed by atoms with Crippen LogP contribution in [0.4, 0.5) is 0 Å². The van der Waals surface area contributed by atoms with E-state index in [1.807, 2.05) is 77.4 Å². The fourth-order valence-corrected chi connectivity index (χ4v) is 6.51. The maximum Gasteiger partial charge on any atom is 0.246 e. The smallest absolute Gasteiger partial charge is 0.246 e. The van der Waals surface area contributed by atoms with Crippen molar-refractivity contribution in [2.24, 2.45) is 0 Å². The van der Waals surface area contributed by atoms with E-state index >= 15 is 0 Å². The first-order valence-electron chi connectivity index (χ1n) is 11.4. The highest BCUT2D eigenvalue weighted by atomic mass is 35.5. The molecule has 1 aromatic heterocycles. The Balaban J connectivity index is 1.41. The molecule has 3 aromatic rings. The van der Waals surface area contributed by atoms with Crippen molar-refractivity contribution in [3.8, 4) is 11.3 Å². The van der Waals surface area contributed by atoms with Gasteiger partial charge in [0.25, 0.3) is 0 Å². The second-order valence-corrected chi connectivity index (χ2v) is 11.0. The van der Waals surface area contributed by atoms with Crippen molar-refractivity contribution in [2.45, 2.75) is 43.8 Å². The number of carbonyl (C=O) groups excluding carboxylic acids is 2. The number of halogens is 1. The molecule has 5 rings (SSSR count). The van der Waals surface area contributed by atoms with E-state index in [1.54, 1.807) is 16.7 Å². The fourth-order valence-electron chi connectivity index (χ4n) is 4.89. The van der Waals surface area contributed by atoms with E-state index in [1.165, 1.54) is 0 Å². The SMILES string of the molecule is CN(Cc1cn(Cc2ccccc2Cl)nc1-c1ccccc1)C(=O)C1CSC2(C)CCC(=O)N12. The van der Waals surface area contributed by atoms with E-state index in [0.717, 1.165) is 28.8 Å². The molecule has 2 amide bonds. The Morgan fingerprint density at radius 2 is 1.91 bits per heavy atom. The molecule has 2 unspecified atom stereocenters. The van der Waals surface area contributed by atoms with Crippen LogP contribution < -0.4 is 0 Å². The number of thioether (sulfide) groups is 1. The van der Waals surface area contributed by atoms with Crippen molar-refractivity contribution in [1.82, 2.24) is 19.6 Å². The number of carbonyl (C=O) groups is 2. The molecule has 2 fully saturated rings. The maximum absolute atomic E-state index is 13.4. The summed E-state index contributed by atoms with van der Waals surface area (Å²) in [5, 5.41) is 5.55. The third-order valence-corrected chi connectivity index (χ3v) is 8.56. The summed E-state index contributed by atoms with van der Waals surface area (Å²) in [6.07, 6.45) is 3.31. The van der Waals surface area contributed by atoms with Gasteiger partial charge in [0.15, 0.2) is 0 Å². The lowest BCUT2D eigenvalue weighted by Crippen LogP contribution is -2.50. The average Bonchev–Trinajstić information content (AvgIpc) is 3.48. The van der Waals surface area contributed by atoms with Gasteiger partial charge in [-0.2, -0.15) is 5.10 Å². The summed E-state index contributed by atoms with van der Waals surface area (Å²) in [7, 11) is 1.81. The van der Waals surface area contributed by atoms with Crippen molar-refractivity contribution < 1.29 is 9.59 Å². The Hall–Kier alpha value is -2.77. The Kier molecular flexibility index (Phi) is 6.16. The van der Waals surface area contributed by atoms with Crippen LogP contribution in [0, 0.1) is 0 Å². The van der Waals surface area contributed by atoms with E-state index in [2.05, 4.69) is 6.92 Å². The topological polar surface area (TPSA) is 58.4 Å². The lowest BCUT2D eigenvalue weighted by Gasteiger charge is -2.31. The first-order valence-corrected chi connectivity index (χ1v) is 12.8. The molecule has 2 saturated heterocycles. The summed E-state index contributed by atoms with van der Waals surface area (Å²) in [6.45, 7) is 3.02. The predicted octanol–water partition coefficient (Wildman–Crippen LogP) is 4.66. The number of likely N-dealkylation sites (N-methyl/N-ethyl adjacent to an activating group) is 1. The number of fused-ring (bicyclic) bond motifs is 1. The lowest BCUT2D eigenvalue weighted by molar-refractivity contribution is -0.143. The van der Waals surface area contributed by atoms with Crippen LogP contribution in [0.5, 0.6) is 0 Å². The molecule has 34 heavy (non-hydrogen) atoms. The Bertz CT molecular complexity index is 1230. The Labute approximate surface area is 208 Å². The first-order chi connectivity index (χ1) is 16.4. The molecule has 2 aliphatic rings. The molecular formula is C26H27ClN4O2S. The van der Waals surface area contributed by atoms with Gasteiger partial charge in [0.1, 0.15) is 6.04 Å². The first kappa shape index (κ1) is 23.0. The Morgan fingerprint density at radius 1 is 1.18 bits per heavy atom. The summed E-state index contributed by atoms with van der Waals surface area (Å²) in [6, 6.07) is 17.3. The van der Waals surface area contributed by atoms with E-state index in [4.69, 9.17) is 16.7 Å². The highest BCUT2D eigenvalue weighted by Crippen LogP contribution is 2.47. The number of hydrogen-bond acceptors (Lipinski definition) is 4. The molecule has 3 heterocycles. The molecule has 2 aromatic carbocycles. The summed E-state index contributed by atoms with van der Waals surface area (Å²) in [5.41, 5.74) is 3.78. The van der Waals surface area contributed by atoms with Crippen LogP contribution in [-0.4, -0.2) is 55.1 Å². The highest BCUT2D eigenvalue weighted by molar-refractivity contribution is 8.01.